The second-order valence-corrected chi connectivity index (χ2v) is 4.65. The molecule has 0 amide bonds. The Morgan fingerprint density at radius 3 is 2.75 bits per heavy atom. The molecule has 0 bridgehead atoms. The van der Waals surface area contributed by atoms with Crippen LogP contribution in [-0.4, -0.2) is 13.2 Å². The van der Waals surface area contributed by atoms with E-state index in [9.17, 15) is 0 Å². The van der Waals surface area contributed by atoms with Gasteiger partial charge in [0.15, 0.2) is 0 Å². The van der Waals surface area contributed by atoms with Crippen LogP contribution in [0.15, 0.2) is 16.7 Å². The van der Waals surface area contributed by atoms with E-state index in [0.717, 1.165) is 18.7 Å². The van der Waals surface area contributed by atoms with Crippen molar-refractivity contribution >= 4 is 0 Å². The fourth-order valence-corrected chi connectivity index (χ4v) is 1.79. The zero-order chi connectivity index (χ0) is 12.0. The molecule has 0 spiro atoms. The lowest BCUT2D eigenvalue weighted by molar-refractivity contribution is 0.0298. The predicted molar refractivity (Wildman–Crippen MR) is 65.2 cm³/mol. The van der Waals surface area contributed by atoms with E-state index in [4.69, 9.17) is 9.15 Å². The molecule has 1 atom stereocenters. The van der Waals surface area contributed by atoms with Crippen molar-refractivity contribution in [1.82, 2.24) is 5.32 Å². The largest absolute Gasteiger partial charge is 0.467 e. The summed E-state index contributed by atoms with van der Waals surface area (Å²) in [5, 5.41) is 3.11. The second-order valence-electron chi connectivity index (χ2n) is 4.65. The van der Waals surface area contributed by atoms with Gasteiger partial charge in [-0.15, -0.1) is 0 Å². The highest BCUT2D eigenvalue weighted by atomic mass is 16.5. The smallest absolute Gasteiger partial charge is 0.133 e. The van der Waals surface area contributed by atoms with Crippen LogP contribution in [0.4, 0.5) is 0 Å². The minimum atomic E-state index is 0.285. The van der Waals surface area contributed by atoms with Gasteiger partial charge >= 0.3 is 0 Å². The third-order valence-electron chi connectivity index (χ3n) is 2.51. The van der Waals surface area contributed by atoms with Crippen LogP contribution in [-0.2, 0) is 17.9 Å². The first-order valence-corrected chi connectivity index (χ1v) is 5.95. The van der Waals surface area contributed by atoms with E-state index in [0.29, 0.717) is 12.5 Å². The van der Waals surface area contributed by atoms with Crippen molar-refractivity contribution in [2.75, 3.05) is 7.05 Å². The van der Waals surface area contributed by atoms with Crippen molar-refractivity contribution in [3.05, 3.63) is 23.7 Å². The van der Waals surface area contributed by atoms with E-state index in [1.54, 1.807) is 6.26 Å². The SMILES string of the molecule is CNCc1ccoc1COC(C)CC(C)C. The standard InChI is InChI=1S/C13H23NO2/c1-10(2)7-11(3)16-9-13-12(8-14-4)5-6-15-13/h5-6,10-11,14H,7-9H2,1-4H3. The first-order valence-electron chi connectivity index (χ1n) is 5.95. The Bertz CT molecular complexity index is 294. The summed E-state index contributed by atoms with van der Waals surface area (Å²) in [6.45, 7) is 7.92. The fraction of sp³-hybridized carbons (Fsp3) is 0.692. The van der Waals surface area contributed by atoms with Crippen LogP contribution in [0.25, 0.3) is 0 Å². The monoisotopic (exact) mass is 225 g/mol. The predicted octanol–water partition coefficient (Wildman–Crippen LogP) is 2.95. The normalized spacial score (nSPS) is 13.3. The molecule has 1 aromatic heterocycles. The maximum absolute atomic E-state index is 5.76. The van der Waals surface area contributed by atoms with Gasteiger partial charge in [-0.2, -0.15) is 0 Å². The topological polar surface area (TPSA) is 34.4 Å². The molecule has 0 aliphatic rings. The van der Waals surface area contributed by atoms with Crippen LogP contribution < -0.4 is 5.32 Å². The zero-order valence-corrected chi connectivity index (χ0v) is 10.7. The molecule has 0 radical (unpaired) electrons. The lowest BCUT2D eigenvalue weighted by atomic mass is 10.1. The van der Waals surface area contributed by atoms with Gasteiger partial charge in [-0.3, -0.25) is 0 Å². The van der Waals surface area contributed by atoms with Crippen LogP contribution >= 0.6 is 0 Å². The van der Waals surface area contributed by atoms with Gasteiger partial charge in [-0.05, 0) is 32.4 Å². The van der Waals surface area contributed by atoms with Crippen molar-refractivity contribution in [3.63, 3.8) is 0 Å². The Morgan fingerprint density at radius 1 is 1.38 bits per heavy atom. The molecule has 0 aliphatic heterocycles. The maximum Gasteiger partial charge on any atom is 0.133 e. The first kappa shape index (κ1) is 13.3. The summed E-state index contributed by atoms with van der Waals surface area (Å²) in [5.41, 5.74) is 1.18. The quantitative estimate of drug-likeness (QED) is 0.774. The van der Waals surface area contributed by atoms with Crippen molar-refractivity contribution in [1.29, 1.82) is 0 Å². The summed E-state index contributed by atoms with van der Waals surface area (Å²) in [6.07, 6.45) is 3.09. The van der Waals surface area contributed by atoms with Gasteiger partial charge in [-0.25, -0.2) is 0 Å². The molecule has 0 aliphatic carbocycles. The van der Waals surface area contributed by atoms with Gasteiger partial charge < -0.3 is 14.5 Å². The fourth-order valence-electron chi connectivity index (χ4n) is 1.79. The van der Waals surface area contributed by atoms with E-state index in [1.807, 2.05) is 13.1 Å². The summed E-state index contributed by atoms with van der Waals surface area (Å²) in [5.74, 6) is 1.60. The van der Waals surface area contributed by atoms with E-state index in [-0.39, 0.29) is 6.10 Å². The Morgan fingerprint density at radius 2 is 2.12 bits per heavy atom. The summed E-state index contributed by atoms with van der Waals surface area (Å²) >= 11 is 0. The Labute approximate surface area is 98.2 Å². The van der Waals surface area contributed by atoms with Crippen molar-refractivity contribution in [2.24, 2.45) is 5.92 Å². The van der Waals surface area contributed by atoms with Crippen molar-refractivity contribution in [2.45, 2.75) is 46.4 Å². The van der Waals surface area contributed by atoms with Crippen LogP contribution in [0.1, 0.15) is 38.5 Å². The minimum Gasteiger partial charge on any atom is -0.467 e. The van der Waals surface area contributed by atoms with Crippen molar-refractivity contribution in [3.8, 4) is 0 Å². The highest BCUT2D eigenvalue weighted by Gasteiger charge is 2.09. The van der Waals surface area contributed by atoms with Crippen LogP contribution in [0.5, 0.6) is 0 Å². The van der Waals surface area contributed by atoms with Gasteiger partial charge in [0.1, 0.15) is 12.4 Å². The Hall–Kier alpha value is -0.800. The molecule has 3 heteroatoms. The van der Waals surface area contributed by atoms with Crippen LogP contribution in [0.3, 0.4) is 0 Å². The molecule has 1 aromatic rings. The van der Waals surface area contributed by atoms with E-state index >= 15 is 0 Å². The molecule has 1 heterocycles. The Balaban J connectivity index is 2.38. The molecule has 1 rings (SSSR count). The lowest BCUT2D eigenvalue weighted by Gasteiger charge is -2.14. The third kappa shape index (κ3) is 4.37. The van der Waals surface area contributed by atoms with Crippen LogP contribution in [0, 0.1) is 5.92 Å². The summed E-state index contributed by atoms with van der Waals surface area (Å²) in [4.78, 5) is 0. The van der Waals surface area contributed by atoms with Gasteiger partial charge in [-0.1, -0.05) is 13.8 Å². The number of hydrogen-bond donors (Lipinski definition) is 1. The van der Waals surface area contributed by atoms with Gasteiger partial charge in [0.25, 0.3) is 0 Å². The van der Waals surface area contributed by atoms with E-state index in [1.165, 1.54) is 5.56 Å². The van der Waals surface area contributed by atoms with E-state index < -0.39 is 0 Å². The lowest BCUT2D eigenvalue weighted by Crippen LogP contribution is -2.12. The number of rotatable bonds is 7. The number of ether oxygens (including phenoxy) is 1. The van der Waals surface area contributed by atoms with Gasteiger partial charge in [0.2, 0.25) is 0 Å². The molecule has 1 unspecified atom stereocenters. The average Bonchev–Trinajstić information content (AvgIpc) is 2.62. The molecule has 1 N–H and O–H groups in total. The maximum atomic E-state index is 5.76. The second kappa shape index (κ2) is 6.71. The average molecular weight is 225 g/mol. The molecule has 3 nitrogen and oxygen atoms in total. The molecular weight excluding hydrogens is 202 g/mol. The number of furan rings is 1. The molecule has 0 saturated heterocycles. The summed E-state index contributed by atoms with van der Waals surface area (Å²) in [7, 11) is 1.93. The van der Waals surface area contributed by atoms with Gasteiger partial charge in [0.05, 0.1) is 12.4 Å². The van der Waals surface area contributed by atoms with Crippen LogP contribution in [0.2, 0.25) is 0 Å². The molecule has 16 heavy (non-hydrogen) atoms. The molecular formula is C13H23NO2. The first-order chi connectivity index (χ1) is 7.63. The highest BCUT2D eigenvalue weighted by molar-refractivity contribution is 5.15. The Kier molecular flexibility index (Phi) is 5.56. The molecule has 0 fully saturated rings. The third-order valence-corrected chi connectivity index (χ3v) is 2.51. The summed E-state index contributed by atoms with van der Waals surface area (Å²) in [6, 6.07) is 1.99. The van der Waals surface area contributed by atoms with Gasteiger partial charge in [0, 0.05) is 12.1 Å². The minimum absolute atomic E-state index is 0.285. The summed E-state index contributed by atoms with van der Waals surface area (Å²) < 4.78 is 11.2. The molecule has 92 valence electrons. The number of nitrogens with one attached hydrogen (secondary N) is 1. The van der Waals surface area contributed by atoms with Crippen molar-refractivity contribution < 1.29 is 9.15 Å². The number of hydrogen-bond acceptors (Lipinski definition) is 3. The zero-order valence-electron chi connectivity index (χ0n) is 10.7. The highest BCUT2D eigenvalue weighted by Crippen LogP contribution is 2.15. The molecule has 0 aromatic carbocycles. The van der Waals surface area contributed by atoms with E-state index in [2.05, 4.69) is 26.1 Å². The molecule has 0 saturated carbocycles.